The molecule has 0 bridgehead atoms. The van der Waals surface area contributed by atoms with Crippen LogP contribution in [0.3, 0.4) is 0 Å². The Morgan fingerprint density at radius 2 is 1.77 bits per heavy atom. The number of hydrogen-bond donors (Lipinski definition) is 8. The van der Waals surface area contributed by atoms with Crippen LogP contribution in [0.1, 0.15) is 35.8 Å². The number of aliphatic carboxylic acids is 2. The number of carbonyl (C=O) groups excluding carboxylic acids is 2. The highest BCUT2D eigenvalue weighted by Gasteiger charge is 2.45. The van der Waals surface area contributed by atoms with Crippen molar-refractivity contribution < 1.29 is 39.6 Å². The summed E-state index contributed by atoms with van der Waals surface area (Å²) in [6, 6.07) is -1.17. The van der Waals surface area contributed by atoms with E-state index < -0.39 is 65.2 Å². The van der Waals surface area contributed by atoms with Crippen LogP contribution in [0, 0.1) is 0 Å². The normalized spacial score (nSPS) is 14.3. The number of carbonyl (C=O) groups is 4. The molecule has 0 spiro atoms. The van der Waals surface area contributed by atoms with E-state index in [2.05, 4.69) is 4.98 Å². The van der Waals surface area contributed by atoms with Gasteiger partial charge < -0.3 is 42.2 Å². The van der Waals surface area contributed by atoms with Crippen molar-refractivity contribution in [3.63, 3.8) is 0 Å². The minimum absolute atomic E-state index is 0.0791. The maximum atomic E-state index is 12.4. The molecule has 144 valence electrons. The molecule has 2 atom stereocenters. The summed E-state index contributed by atoms with van der Waals surface area (Å²) in [4.78, 5) is 49.3. The molecule has 0 aliphatic rings. The number of aromatic amines is 1. The zero-order valence-corrected chi connectivity index (χ0v) is 13.8. The van der Waals surface area contributed by atoms with Crippen molar-refractivity contribution in [2.24, 2.45) is 11.5 Å². The van der Waals surface area contributed by atoms with Crippen molar-refractivity contribution in [2.45, 2.75) is 37.9 Å². The standard InChI is InChI=1S/C14H20N4O8/c1-5(16)11(23)18-14(13(25)26,3-8(20)21)2-7(19)9-10(22)6(4-15)17-12(9)24/h5,17,22,24H,2-4,15-16H2,1H3,(H,18,23)(H,20,21)(H,25,26)/t5-,14?/m0/s1. The lowest BCUT2D eigenvalue weighted by Crippen LogP contribution is -2.59. The van der Waals surface area contributed by atoms with Gasteiger partial charge >= 0.3 is 11.9 Å². The van der Waals surface area contributed by atoms with Gasteiger partial charge in [-0.2, -0.15) is 0 Å². The first-order chi connectivity index (χ1) is 11.9. The number of aromatic nitrogens is 1. The Labute approximate surface area is 146 Å². The predicted molar refractivity (Wildman–Crippen MR) is 85.4 cm³/mol. The Bertz CT molecular complexity index is 742. The molecule has 12 heteroatoms. The van der Waals surface area contributed by atoms with Gasteiger partial charge in [-0.25, -0.2) is 4.79 Å². The van der Waals surface area contributed by atoms with Crippen LogP contribution in [-0.2, 0) is 20.9 Å². The molecule has 1 unspecified atom stereocenters. The highest BCUT2D eigenvalue weighted by Crippen LogP contribution is 2.33. The van der Waals surface area contributed by atoms with Crippen molar-refractivity contribution in [2.75, 3.05) is 0 Å². The topological polar surface area (TPSA) is 229 Å². The molecule has 0 radical (unpaired) electrons. The predicted octanol–water partition coefficient (Wildman–Crippen LogP) is -1.78. The number of nitrogens with one attached hydrogen (secondary N) is 2. The molecule has 12 nitrogen and oxygen atoms in total. The van der Waals surface area contributed by atoms with Gasteiger partial charge in [0.1, 0.15) is 5.56 Å². The number of ketones is 1. The van der Waals surface area contributed by atoms with E-state index in [0.29, 0.717) is 0 Å². The number of amides is 1. The van der Waals surface area contributed by atoms with Crippen LogP contribution < -0.4 is 16.8 Å². The van der Waals surface area contributed by atoms with Gasteiger partial charge in [-0.3, -0.25) is 14.4 Å². The molecule has 0 aliphatic heterocycles. The van der Waals surface area contributed by atoms with E-state index >= 15 is 0 Å². The first-order valence-corrected chi connectivity index (χ1v) is 7.34. The molecular weight excluding hydrogens is 352 g/mol. The maximum absolute atomic E-state index is 12.4. The summed E-state index contributed by atoms with van der Waals surface area (Å²) in [6.07, 6.45) is -2.20. The minimum atomic E-state index is -2.54. The van der Waals surface area contributed by atoms with Gasteiger partial charge in [-0.05, 0) is 6.92 Å². The number of rotatable bonds is 9. The maximum Gasteiger partial charge on any atom is 0.330 e. The minimum Gasteiger partial charge on any atom is -0.505 e. The molecule has 0 saturated carbocycles. The second-order valence-corrected chi connectivity index (χ2v) is 5.72. The molecular formula is C14H20N4O8. The molecule has 1 heterocycles. The SMILES string of the molecule is C[C@H](N)C(=O)NC(CC(=O)O)(CC(=O)c1c(O)[nH]c(CN)c1O)C(=O)O. The monoisotopic (exact) mass is 372 g/mol. The quantitative estimate of drug-likeness (QED) is 0.227. The average Bonchev–Trinajstić information content (AvgIpc) is 2.80. The van der Waals surface area contributed by atoms with Crippen LogP contribution in [0.4, 0.5) is 0 Å². The number of carboxylic acid groups (broad SMARTS) is 2. The van der Waals surface area contributed by atoms with Crippen LogP contribution in [0.5, 0.6) is 11.6 Å². The summed E-state index contributed by atoms with van der Waals surface area (Å²) >= 11 is 0. The van der Waals surface area contributed by atoms with E-state index in [1.54, 1.807) is 0 Å². The number of nitrogens with two attached hydrogens (primary N) is 2. The van der Waals surface area contributed by atoms with Gasteiger partial charge in [0, 0.05) is 13.0 Å². The fraction of sp³-hybridized carbons (Fsp3) is 0.429. The van der Waals surface area contributed by atoms with E-state index in [9.17, 15) is 34.5 Å². The Morgan fingerprint density at radius 1 is 1.19 bits per heavy atom. The van der Waals surface area contributed by atoms with Gasteiger partial charge in [0.2, 0.25) is 11.8 Å². The van der Waals surface area contributed by atoms with Crippen LogP contribution >= 0.6 is 0 Å². The van der Waals surface area contributed by atoms with Gasteiger partial charge in [-0.1, -0.05) is 0 Å². The number of H-pyrrole nitrogens is 1. The number of Topliss-reactive ketones (excluding diaryl/α,β-unsaturated/α-hetero) is 1. The molecule has 0 saturated heterocycles. The van der Waals surface area contributed by atoms with E-state index in [1.807, 2.05) is 5.32 Å². The Hall–Kier alpha value is -3.12. The smallest absolute Gasteiger partial charge is 0.330 e. The summed E-state index contributed by atoms with van der Waals surface area (Å²) < 4.78 is 0. The van der Waals surface area contributed by atoms with Crippen LogP contribution in [-0.4, -0.2) is 60.6 Å². The Kier molecular flexibility index (Phi) is 6.31. The molecule has 0 aromatic carbocycles. The first-order valence-electron chi connectivity index (χ1n) is 7.34. The van der Waals surface area contributed by atoms with Crippen molar-refractivity contribution in [3.8, 4) is 11.6 Å². The van der Waals surface area contributed by atoms with Crippen LogP contribution in [0.25, 0.3) is 0 Å². The third-order valence-corrected chi connectivity index (χ3v) is 3.61. The fourth-order valence-corrected chi connectivity index (χ4v) is 2.27. The van der Waals surface area contributed by atoms with Gasteiger partial charge in [0.25, 0.3) is 0 Å². The Balaban J connectivity index is 3.33. The summed E-state index contributed by atoms with van der Waals surface area (Å²) in [5, 5.41) is 40.1. The van der Waals surface area contributed by atoms with Gasteiger partial charge in [0.05, 0.1) is 18.2 Å². The molecule has 0 aliphatic carbocycles. The van der Waals surface area contributed by atoms with Crippen LogP contribution in [0.15, 0.2) is 0 Å². The molecule has 10 N–H and O–H groups in total. The fourth-order valence-electron chi connectivity index (χ4n) is 2.27. The lowest BCUT2D eigenvalue weighted by Gasteiger charge is -2.29. The molecule has 0 fully saturated rings. The lowest BCUT2D eigenvalue weighted by atomic mass is 9.86. The zero-order chi connectivity index (χ0) is 20.2. The molecule has 1 amide bonds. The number of hydrogen-bond acceptors (Lipinski definition) is 8. The second kappa shape index (κ2) is 7.84. The molecule has 1 aromatic heterocycles. The molecule has 26 heavy (non-hydrogen) atoms. The molecule has 1 aromatic rings. The van der Waals surface area contributed by atoms with Crippen molar-refractivity contribution >= 4 is 23.6 Å². The van der Waals surface area contributed by atoms with E-state index in [-0.39, 0.29) is 12.2 Å². The highest BCUT2D eigenvalue weighted by molar-refractivity contribution is 6.05. The largest absolute Gasteiger partial charge is 0.505 e. The first kappa shape index (κ1) is 20.9. The summed E-state index contributed by atoms with van der Waals surface area (Å²) in [6.45, 7) is 0.981. The summed E-state index contributed by atoms with van der Waals surface area (Å²) in [5.41, 5.74) is 7.40. The summed E-state index contributed by atoms with van der Waals surface area (Å²) in [7, 11) is 0. The zero-order valence-electron chi connectivity index (χ0n) is 13.8. The third-order valence-electron chi connectivity index (χ3n) is 3.61. The summed E-state index contributed by atoms with van der Waals surface area (Å²) in [5.74, 6) is -6.97. The Morgan fingerprint density at radius 3 is 2.15 bits per heavy atom. The second-order valence-electron chi connectivity index (χ2n) is 5.72. The van der Waals surface area contributed by atoms with Crippen molar-refractivity contribution in [3.05, 3.63) is 11.3 Å². The van der Waals surface area contributed by atoms with E-state index in [4.69, 9.17) is 16.6 Å². The average molecular weight is 372 g/mol. The molecule has 1 rings (SSSR count). The number of carboxylic acids is 2. The number of aromatic hydroxyl groups is 2. The van der Waals surface area contributed by atoms with Crippen LogP contribution in [0.2, 0.25) is 0 Å². The van der Waals surface area contributed by atoms with Gasteiger partial charge in [0.15, 0.2) is 17.1 Å². The van der Waals surface area contributed by atoms with E-state index in [1.165, 1.54) is 6.92 Å². The van der Waals surface area contributed by atoms with E-state index in [0.717, 1.165) is 0 Å². The lowest BCUT2D eigenvalue weighted by molar-refractivity contribution is -0.153. The van der Waals surface area contributed by atoms with Crippen molar-refractivity contribution in [1.29, 1.82) is 0 Å². The van der Waals surface area contributed by atoms with Crippen molar-refractivity contribution in [1.82, 2.24) is 10.3 Å². The van der Waals surface area contributed by atoms with Gasteiger partial charge in [-0.15, -0.1) is 0 Å². The highest BCUT2D eigenvalue weighted by atomic mass is 16.4. The third kappa shape index (κ3) is 4.29.